The molecule has 0 unspecified atom stereocenters. The van der Waals surface area contributed by atoms with Crippen LogP contribution in [0.3, 0.4) is 0 Å². The van der Waals surface area contributed by atoms with Crippen molar-refractivity contribution in [1.29, 1.82) is 0 Å². The molecule has 0 radical (unpaired) electrons. The summed E-state index contributed by atoms with van der Waals surface area (Å²) in [6.45, 7) is 1.50. The van der Waals surface area contributed by atoms with Crippen LogP contribution in [-0.2, 0) is 14.8 Å². The highest BCUT2D eigenvalue weighted by Crippen LogP contribution is 2.28. The lowest BCUT2D eigenvalue weighted by molar-refractivity contribution is -0.119. The maximum Gasteiger partial charge on any atom is 0.272 e. The number of hydrogen-bond acceptors (Lipinski definition) is 6. The summed E-state index contributed by atoms with van der Waals surface area (Å²) in [6.07, 6.45) is 0. The van der Waals surface area contributed by atoms with Gasteiger partial charge in [-0.15, -0.1) is 0 Å². The molecule has 0 saturated heterocycles. The van der Waals surface area contributed by atoms with Gasteiger partial charge in [0.15, 0.2) is 6.61 Å². The van der Waals surface area contributed by atoms with Crippen LogP contribution in [0.15, 0.2) is 77.7 Å². The smallest absolute Gasteiger partial charge is 0.272 e. The van der Waals surface area contributed by atoms with Crippen molar-refractivity contribution in [3.05, 3.63) is 83.9 Å². The number of phenols is 1. The fourth-order valence-corrected chi connectivity index (χ4v) is 4.15. The molecule has 8 nitrogen and oxygen atoms in total. The van der Waals surface area contributed by atoms with Crippen LogP contribution in [0.25, 0.3) is 0 Å². The highest BCUT2D eigenvalue weighted by Gasteiger charge is 2.32. The van der Waals surface area contributed by atoms with E-state index in [0.717, 1.165) is 5.56 Å². The molecule has 0 saturated carbocycles. The average Bonchev–Trinajstić information content (AvgIpc) is 2.74. The Morgan fingerprint density at radius 3 is 2.06 bits per heavy atom. The summed E-state index contributed by atoms with van der Waals surface area (Å²) in [5.41, 5.74) is 6.05. The summed E-state index contributed by atoms with van der Waals surface area (Å²) in [7, 11) is -4.25. The van der Waals surface area contributed by atoms with Gasteiger partial charge in [-0.25, -0.2) is 8.42 Å². The van der Waals surface area contributed by atoms with E-state index in [1.165, 1.54) is 60.7 Å². The minimum absolute atomic E-state index is 0.0547. The normalized spacial score (nSPS) is 11.0. The van der Waals surface area contributed by atoms with E-state index in [1.807, 2.05) is 6.92 Å². The van der Waals surface area contributed by atoms with Gasteiger partial charge in [0.25, 0.3) is 21.8 Å². The van der Waals surface area contributed by atoms with Gasteiger partial charge in [0.2, 0.25) is 0 Å². The van der Waals surface area contributed by atoms with Crippen LogP contribution in [-0.4, -0.2) is 31.9 Å². The third-order valence-electron chi connectivity index (χ3n) is 4.31. The Morgan fingerprint density at radius 2 is 1.52 bits per heavy atom. The number of aryl methyl sites for hydroxylation is 1. The predicted molar refractivity (Wildman–Crippen MR) is 114 cm³/mol. The molecule has 3 rings (SSSR count). The van der Waals surface area contributed by atoms with Crippen molar-refractivity contribution in [1.82, 2.24) is 0 Å². The van der Waals surface area contributed by atoms with Crippen LogP contribution in [0.4, 0.5) is 5.69 Å². The zero-order valence-corrected chi connectivity index (χ0v) is 17.4. The van der Waals surface area contributed by atoms with Crippen LogP contribution in [0, 0.1) is 6.92 Å². The van der Waals surface area contributed by atoms with Crippen LogP contribution >= 0.6 is 0 Å². The van der Waals surface area contributed by atoms with Crippen LogP contribution in [0.5, 0.6) is 11.5 Å². The lowest BCUT2D eigenvalue weighted by Gasteiger charge is -2.23. The maximum absolute atomic E-state index is 13.4. The quantitative estimate of drug-likeness (QED) is 0.581. The number of carbonyl (C=O) groups is 2. The summed E-state index contributed by atoms with van der Waals surface area (Å²) in [4.78, 5) is 24.0. The molecule has 0 aliphatic heterocycles. The van der Waals surface area contributed by atoms with Gasteiger partial charge in [0.05, 0.1) is 10.6 Å². The Labute approximate surface area is 179 Å². The number of anilines is 1. The zero-order valence-electron chi connectivity index (χ0n) is 16.6. The minimum Gasteiger partial charge on any atom is -0.508 e. The summed E-state index contributed by atoms with van der Waals surface area (Å²) >= 11 is 0. The van der Waals surface area contributed by atoms with Crippen molar-refractivity contribution in [2.45, 2.75) is 11.8 Å². The summed E-state index contributed by atoms with van der Waals surface area (Å²) < 4.78 is 32.5. The molecule has 0 spiro atoms. The highest BCUT2D eigenvalue weighted by atomic mass is 32.2. The van der Waals surface area contributed by atoms with Gasteiger partial charge < -0.3 is 15.6 Å². The molecule has 9 heteroatoms. The number of rotatable bonds is 7. The first-order chi connectivity index (χ1) is 14.7. The number of hydrogen-bond donors (Lipinski definition) is 2. The first kappa shape index (κ1) is 21.8. The van der Waals surface area contributed by atoms with Crippen molar-refractivity contribution < 1.29 is 27.9 Å². The predicted octanol–water partition coefficient (Wildman–Crippen LogP) is 2.60. The molecule has 0 fully saturated rings. The molecule has 0 aromatic heterocycles. The number of phenolic OH excluding ortho intramolecular Hbond substituents is 1. The van der Waals surface area contributed by atoms with E-state index in [1.54, 1.807) is 12.1 Å². The fourth-order valence-electron chi connectivity index (χ4n) is 2.73. The van der Waals surface area contributed by atoms with Gasteiger partial charge in [-0.2, -0.15) is 4.31 Å². The Hall–Kier alpha value is -3.85. The number of benzene rings is 3. The molecular weight excluding hydrogens is 420 g/mol. The molecule has 3 aromatic rings. The van der Waals surface area contributed by atoms with E-state index in [-0.39, 0.29) is 28.5 Å². The third kappa shape index (κ3) is 5.01. The maximum atomic E-state index is 13.4. The molecule has 31 heavy (non-hydrogen) atoms. The second-order valence-electron chi connectivity index (χ2n) is 6.68. The number of ether oxygens (including phenoxy) is 1. The summed E-state index contributed by atoms with van der Waals surface area (Å²) in [6, 6.07) is 17.0. The SMILES string of the molecule is Cc1ccc(S(=O)(=O)N(C(=O)c2ccc(OCC(N)=O)cc2)c2ccc(O)cc2)cc1. The van der Waals surface area contributed by atoms with Gasteiger partial charge >= 0.3 is 0 Å². The second kappa shape index (κ2) is 8.88. The van der Waals surface area contributed by atoms with E-state index in [2.05, 4.69) is 0 Å². The molecule has 160 valence electrons. The van der Waals surface area contributed by atoms with Crippen molar-refractivity contribution in [3.8, 4) is 11.5 Å². The van der Waals surface area contributed by atoms with E-state index in [0.29, 0.717) is 10.1 Å². The Bertz CT molecular complexity index is 1190. The standard InChI is InChI=1S/C22H20N2O6S/c1-15-2-12-20(13-3-15)31(28,29)24(17-6-8-18(25)9-7-17)22(27)16-4-10-19(11-5-16)30-14-21(23)26/h2-13,25H,14H2,1H3,(H2,23,26). The third-order valence-corrected chi connectivity index (χ3v) is 6.04. The first-order valence-electron chi connectivity index (χ1n) is 9.15. The number of nitrogens with zero attached hydrogens (tertiary/aromatic N) is 1. The van der Waals surface area contributed by atoms with Gasteiger partial charge in [-0.1, -0.05) is 17.7 Å². The number of carbonyl (C=O) groups excluding carboxylic acids is 2. The van der Waals surface area contributed by atoms with Gasteiger partial charge in [-0.3, -0.25) is 9.59 Å². The molecule has 3 N–H and O–H groups in total. The van der Waals surface area contributed by atoms with E-state index < -0.39 is 21.8 Å². The molecule has 3 aromatic carbocycles. The van der Waals surface area contributed by atoms with Crippen LogP contribution in [0.2, 0.25) is 0 Å². The lowest BCUT2D eigenvalue weighted by atomic mass is 10.2. The van der Waals surface area contributed by atoms with Crippen molar-refractivity contribution in [2.24, 2.45) is 5.73 Å². The second-order valence-corrected chi connectivity index (χ2v) is 8.47. The molecule has 0 atom stereocenters. The van der Waals surface area contributed by atoms with Gasteiger partial charge in [-0.05, 0) is 67.6 Å². The molecule has 0 aliphatic carbocycles. The van der Waals surface area contributed by atoms with Crippen molar-refractivity contribution in [2.75, 3.05) is 10.9 Å². The Morgan fingerprint density at radius 1 is 0.935 bits per heavy atom. The number of nitrogens with two attached hydrogens (primary N) is 1. The van der Waals surface area contributed by atoms with Crippen LogP contribution in [0.1, 0.15) is 15.9 Å². The first-order valence-corrected chi connectivity index (χ1v) is 10.6. The lowest BCUT2D eigenvalue weighted by Crippen LogP contribution is -2.37. The zero-order chi connectivity index (χ0) is 22.6. The summed E-state index contributed by atoms with van der Waals surface area (Å²) in [5, 5.41) is 9.56. The largest absolute Gasteiger partial charge is 0.508 e. The van der Waals surface area contributed by atoms with E-state index in [9.17, 15) is 23.1 Å². The number of amides is 2. The number of primary amides is 1. The molecule has 2 amide bonds. The van der Waals surface area contributed by atoms with Crippen molar-refractivity contribution >= 4 is 27.5 Å². The van der Waals surface area contributed by atoms with Gasteiger partial charge in [0.1, 0.15) is 11.5 Å². The number of aromatic hydroxyl groups is 1. The topological polar surface area (TPSA) is 127 Å². The van der Waals surface area contributed by atoms with Gasteiger partial charge in [0, 0.05) is 5.56 Å². The van der Waals surface area contributed by atoms with Crippen LogP contribution < -0.4 is 14.8 Å². The molecule has 0 heterocycles. The average molecular weight is 440 g/mol. The summed E-state index contributed by atoms with van der Waals surface area (Å²) in [5.74, 6) is -1.22. The Kier molecular flexibility index (Phi) is 6.26. The molecule has 0 bridgehead atoms. The monoisotopic (exact) mass is 440 g/mol. The van der Waals surface area contributed by atoms with E-state index >= 15 is 0 Å². The molecular formula is C22H20N2O6S. The minimum atomic E-state index is -4.25. The number of sulfonamides is 1. The highest BCUT2D eigenvalue weighted by molar-refractivity contribution is 7.93. The van der Waals surface area contributed by atoms with Crippen molar-refractivity contribution in [3.63, 3.8) is 0 Å². The molecule has 0 aliphatic rings. The Balaban J connectivity index is 2.02. The van der Waals surface area contributed by atoms with E-state index in [4.69, 9.17) is 10.5 Å². The fraction of sp³-hybridized carbons (Fsp3) is 0.0909.